The minimum absolute atomic E-state index is 0.0281. The summed E-state index contributed by atoms with van der Waals surface area (Å²) in [7, 11) is 0. The van der Waals surface area contributed by atoms with Crippen LogP contribution in [0.5, 0.6) is 0 Å². The zero-order valence-corrected chi connectivity index (χ0v) is 20.3. The van der Waals surface area contributed by atoms with Crippen LogP contribution in [0.1, 0.15) is 11.1 Å². The van der Waals surface area contributed by atoms with Gasteiger partial charge in [-0.25, -0.2) is 4.68 Å². The second kappa shape index (κ2) is 10.4. The van der Waals surface area contributed by atoms with Gasteiger partial charge in [-0.05, 0) is 36.4 Å². The minimum atomic E-state index is -0.0356. The third-order valence-electron chi connectivity index (χ3n) is 5.57. The summed E-state index contributed by atoms with van der Waals surface area (Å²) in [6.45, 7) is 6.78. The number of carbonyl (C=O) groups excluding carboxylic acids is 2. The van der Waals surface area contributed by atoms with Gasteiger partial charge in [-0.3, -0.25) is 14.5 Å². The van der Waals surface area contributed by atoms with E-state index in [9.17, 15) is 9.59 Å². The largest absolute Gasteiger partial charge is 0.339 e. The molecule has 0 unspecified atom stereocenters. The molecule has 3 aromatic rings. The van der Waals surface area contributed by atoms with Crippen molar-refractivity contribution in [2.45, 2.75) is 19.0 Å². The molecule has 0 atom stereocenters. The Labute approximate surface area is 200 Å². The third kappa shape index (κ3) is 5.55. The first-order valence-electron chi connectivity index (χ1n) is 10.7. The van der Waals surface area contributed by atoms with Crippen LogP contribution in [-0.4, -0.2) is 75.0 Å². The number of rotatable bonds is 7. The second-order valence-electron chi connectivity index (χ2n) is 7.91. The molecule has 4 rings (SSSR count). The average Bonchev–Trinajstić information content (AvgIpc) is 3.45. The average molecular weight is 486 g/mol. The van der Waals surface area contributed by atoms with Gasteiger partial charge in [0.2, 0.25) is 17.0 Å². The van der Waals surface area contributed by atoms with E-state index in [0.717, 1.165) is 21.7 Å². The number of amides is 2. The number of hydrogen-bond acceptors (Lipinski definition) is 8. The molecule has 1 aromatic carbocycles. The molecule has 1 fully saturated rings. The highest BCUT2D eigenvalue weighted by Gasteiger charge is 2.23. The van der Waals surface area contributed by atoms with Gasteiger partial charge in [-0.1, -0.05) is 36.0 Å². The number of nitrogens with two attached hydrogens (primary N) is 1. The first-order valence-corrected chi connectivity index (χ1v) is 12.5. The Morgan fingerprint density at radius 3 is 2.48 bits per heavy atom. The zero-order valence-electron chi connectivity index (χ0n) is 18.7. The van der Waals surface area contributed by atoms with Gasteiger partial charge in [-0.15, -0.1) is 21.5 Å². The van der Waals surface area contributed by atoms with Crippen molar-refractivity contribution in [2.24, 2.45) is 0 Å². The number of nitrogen functional groups attached to an aromatic ring is 1. The number of piperazine rings is 1. The van der Waals surface area contributed by atoms with Gasteiger partial charge < -0.3 is 16.1 Å². The SMILES string of the molecule is Cc1cccc(C)c1NC(=O)CN1CCN(C(=O)CSc2nnc(-c3cccs3)n2N)CC1. The van der Waals surface area contributed by atoms with E-state index in [1.807, 2.05) is 54.5 Å². The fourth-order valence-corrected chi connectivity index (χ4v) is 5.18. The molecule has 1 aliphatic heterocycles. The topological polar surface area (TPSA) is 109 Å². The molecule has 2 aromatic heterocycles. The highest BCUT2D eigenvalue weighted by atomic mass is 32.2. The maximum Gasteiger partial charge on any atom is 0.238 e. The van der Waals surface area contributed by atoms with E-state index >= 15 is 0 Å². The van der Waals surface area contributed by atoms with Crippen molar-refractivity contribution in [3.63, 3.8) is 0 Å². The van der Waals surface area contributed by atoms with Crippen LogP contribution >= 0.6 is 23.1 Å². The lowest BCUT2D eigenvalue weighted by Crippen LogP contribution is -2.51. The normalized spacial score (nSPS) is 14.4. The fraction of sp³-hybridized carbons (Fsp3) is 0.364. The maximum atomic E-state index is 12.7. The summed E-state index contributed by atoms with van der Waals surface area (Å²) in [4.78, 5) is 30.0. The van der Waals surface area contributed by atoms with Crippen molar-refractivity contribution in [3.8, 4) is 10.7 Å². The molecule has 0 spiro atoms. The quantitative estimate of drug-likeness (QED) is 0.390. The van der Waals surface area contributed by atoms with E-state index in [1.54, 1.807) is 0 Å². The van der Waals surface area contributed by atoms with Crippen LogP contribution in [0.4, 0.5) is 5.69 Å². The summed E-state index contributed by atoms with van der Waals surface area (Å²) in [5, 5.41) is 13.7. The highest BCUT2D eigenvalue weighted by molar-refractivity contribution is 7.99. The second-order valence-corrected chi connectivity index (χ2v) is 9.80. The third-order valence-corrected chi connectivity index (χ3v) is 7.36. The lowest BCUT2D eigenvalue weighted by atomic mass is 10.1. The molecular formula is C22H27N7O2S2. The molecular weight excluding hydrogens is 458 g/mol. The number of para-hydroxylation sites is 1. The van der Waals surface area contributed by atoms with Crippen LogP contribution in [-0.2, 0) is 9.59 Å². The molecule has 3 N–H and O–H groups in total. The van der Waals surface area contributed by atoms with Crippen LogP contribution in [0.3, 0.4) is 0 Å². The van der Waals surface area contributed by atoms with Crippen molar-refractivity contribution >= 4 is 40.6 Å². The number of nitrogens with one attached hydrogen (secondary N) is 1. The minimum Gasteiger partial charge on any atom is -0.339 e. The Morgan fingerprint density at radius 1 is 1.09 bits per heavy atom. The number of nitrogens with zero attached hydrogens (tertiary/aromatic N) is 5. The van der Waals surface area contributed by atoms with Crippen molar-refractivity contribution < 1.29 is 9.59 Å². The molecule has 0 radical (unpaired) electrons. The first-order chi connectivity index (χ1) is 15.9. The number of anilines is 1. The maximum absolute atomic E-state index is 12.7. The van der Waals surface area contributed by atoms with E-state index in [4.69, 9.17) is 5.84 Å². The van der Waals surface area contributed by atoms with Crippen molar-refractivity contribution in [1.82, 2.24) is 24.7 Å². The Hall–Kier alpha value is -2.89. The summed E-state index contributed by atoms with van der Waals surface area (Å²) in [5.74, 6) is 6.93. The Balaban J connectivity index is 1.23. The van der Waals surface area contributed by atoms with E-state index in [-0.39, 0.29) is 17.6 Å². The molecule has 33 heavy (non-hydrogen) atoms. The fourth-order valence-electron chi connectivity index (χ4n) is 3.72. The van der Waals surface area contributed by atoms with E-state index in [2.05, 4.69) is 20.4 Å². The molecule has 0 bridgehead atoms. The van der Waals surface area contributed by atoms with Gasteiger partial charge in [0.25, 0.3) is 0 Å². The lowest BCUT2D eigenvalue weighted by molar-refractivity contribution is -0.130. The summed E-state index contributed by atoms with van der Waals surface area (Å²) in [6.07, 6.45) is 0. The summed E-state index contributed by atoms with van der Waals surface area (Å²) in [5.41, 5.74) is 2.97. The van der Waals surface area contributed by atoms with Gasteiger partial charge in [-0.2, -0.15) is 0 Å². The first kappa shape index (κ1) is 23.3. The Kier molecular flexibility index (Phi) is 7.31. The standard InChI is InChI=1S/C22H27N7O2S2/c1-15-5-3-6-16(2)20(15)24-18(30)13-27-8-10-28(11-9-27)19(31)14-33-22-26-25-21(29(22)23)17-7-4-12-32-17/h3-7,12H,8-11,13-14,23H2,1-2H3,(H,24,30). The highest BCUT2D eigenvalue weighted by Crippen LogP contribution is 2.25. The molecule has 11 heteroatoms. The van der Waals surface area contributed by atoms with Crippen molar-refractivity contribution in [2.75, 3.05) is 49.6 Å². The molecule has 0 saturated carbocycles. The van der Waals surface area contributed by atoms with Gasteiger partial charge in [0.05, 0.1) is 17.2 Å². The van der Waals surface area contributed by atoms with Gasteiger partial charge in [0.15, 0.2) is 5.82 Å². The van der Waals surface area contributed by atoms with Crippen molar-refractivity contribution in [3.05, 3.63) is 46.8 Å². The number of aromatic nitrogens is 3. The monoisotopic (exact) mass is 485 g/mol. The molecule has 174 valence electrons. The smallest absolute Gasteiger partial charge is 0.238 e. The Morgan fingerprint density at radius 2 is 1.82 bits per heavy atom. The molecule has 1 aliphatic rings. The van der Waals surface area contributed by atoms with Crippen LogP contribution < -0.4 is 11.2 Å². The van der Waals surface area contributed by atoms with E-state index in [1.165, 1.54) is 27.8 Å². The zero-order chi connectivity index (χ0) is 23.4. The van der Waals surface area contributed by atoms with E-state index in [0.29, 0.717) is 43.7 Å². The summed E-state index contributed by atoms with van der Waals surface area (Å²) in [6, 6.07) is 9.81. The number of thioether (sulfide) groups is 1. The number of carbonyl (C=O) groups is 2. The van der Waals surface area contributed by atoms with Crippen LogP contribution in [0, 0.1) is 13.8 Å². The van der Waals surface area contributed by atoms with Crippen LogP contribution in [0.25, 0.3) is 10.7 Å². The number of benzene rings is 1. The Bertz CT molecular complexity index is 1100. The number of thiophene rings is 1. The predicted molar refractivity (Wildman–Crippen MR) is 132 cm³/mol. The molecule has 0 aliphatic carbocycles. The van der Waals surface area contributed by atoms with Gasteiger partial charge >= 0.3 is 0 Å². The van der Waals surface area contributed by atoms with E-state index < -0.39 is 0 Å². The van der Waals surface area contributed by atoms with Crippen molar-refractivity contribution in [1.29, 1.82) is 0 Å². The molecule has 1 saturated heterocycles. The van der Waals surface area contributed by atoms with Crippen LogP contribution in [0.2, 0.25) is 0 Å². The number of aryl methyl sites for hydroxylation is 2. The lowest BCUT2D eigenvalue weighted by Gasteiger charge is -2.34. The van der Waals surface area contributed by atoms with Gasteiger partial charge in [0, 0.05) is 31.9 Å². The molecule has 3 heterocycles. The number of hydrogen-bond donors (Lipinski definition) is 2. The van der Waals surface area contributed by atoms with Crippen LogP contribution in [0.15, 0.2) is 40.9 Å². The predicted octanol–water partition coefficient (Wildman–Crippen LogP) is 2.21. The molecule has 2 amide bonds. The van der Waals surface area contributed by atoms with Gasteiger partial charge in [0.1, 0.15) is 0 Å². The molecule has 9 nitrogen and oxygen atoms in total. The summed E-state index contributed by atoms with van der Waals surface area (Å²) >= 11 is 2.82. The summed E-state index contributed by atoms with van der Waals surface area (Å²) < 4.78 is 1.43.